The number of rotatable bonds is 4. The van der Waals surface area contributed by atoms with Gasteiger partial charge < -0.3 is 14.6 Å². The summed E-state index contributed by atoms with van der Waals surface area (Å²) in [7, 11) is 0. The zero-order valence-electron chi connectivity index (χ0n) is 16.1. The first-order chi connectivity index (χ1) is 12.9. The van der Waals surface area contributed by atoms with Crippen LogP contribution in [0.4, 0.5) is 10.5 Å². The third-order valence-corrected chi connectivity index (χ3v) is 5.08. The predicted molar refractivity (Wildman–Crippen MR) is 108 cm³/mol. The van der Waals surface area contributed by atoms with E-state index in [-0.39, 0.29) is 11.4 Å². The molecule has 1 fully saturated rings. The second-order valence-electron chi connectivity index (χ2n) is 8.29. The minimum Gasteiger partial charge on any atom is -0.316 e. The zero-order valence-corrected chi connectivity index (χ0v) is 16.1. The van der Waals surface area contributed by atoms with Crippen LogP contribution >= 0.6 is 0 Å². The molecule has 1 saturated carbocycles. The van der Waals surface area contributed by atoms with Crippen molar-refractivity contribution in [2.24, 2.45) is 0 Å². The number of nitrogens with one attached hydrogen (secondary N) is 1. The van der Waals surface area contributed by atoms with E-state index in [2.05, 4.69) is 43.2 Å². The van der Waals surface area contributed by atoms with Gasteiger partial charge in [0.2, 0.25) is 0 Å². The highest BCUT2D eigenvalue weighted by Crippen LogP contribution is 2.29. The molecular formula is C22H26N4O. The third-order valence-electron chi connectivity index (χ3n) is 5.08. The average Bonchev–Trinajstić information content (AvgIpc) is 3.40. The highest BCUT2D eigenvalue weighted by atomic mass is 16.2. The second kappa shape index (κ2) is 6.72. The van der Waals surface area contributed by atoms with E-state index < -0.39 is 0 Å². The second-order valence-corrected chi connectivity index (χ2v) is 8.29. The topological polar surface area (TPSA) is 49.6 Å². The van der Waals surface area contributed by atoms with Crippen LogP contribution in [0.3, 0.4) is 0 Å². The van der Waals surface area contributed by atoms with Crippen LogP contribution in [0.25, 0.3) is 5.65 Å². The Morgan fingerprint density at radius 2 is 1.93 bits per heavy atom. The van der Waals surface area contributed by atoms with Crippen molar-refractivity contribution in [2.45, 2.75) is 51.6 Å². The van der Waals surface area contributed by atoms with Gasteiger partial charge in [0.25, 0.3) is 0 Å². The number of aromatic nitrogens is 2. The molecule has 140 valence electrons. The summed E-state index contributed by atoms with van der Waals surface area (Å²) in [6, 6.07) is 14.3. The van der Waals surface area contributed by atoms with Crippen LogP contribution in [0.2, 0.25) is 0 Å². The minimum absolute atomic E-state index is 0.0492. The number of hydrogen-bond acceptors (Lipinski definition) is 2. The number of pyridine rings is 1. The van der Waals surface area contributed by atoms with Gasteiger partial charge >= 0.3 is 6.03 Å². The quantitative estimate of drug-likeness (QED) is 0.723. The van der Waals surface area contributed by atoms with Gasteiger partial charge in [0.1, 0.15) is 5.65 Å². The molecule has 0 unspecified atom stereocenters. The van der Waals surface area contributed by atoms with E-state index in [1.54, 1.807) is 0 Å². The van der Waals surface area contributed by atoms with Gasteiger partial charge in [-0.1, -0.05) is 39.0 Å². The molecule has 0 radical (unpaired) electrons. The van der Waals surface area contributed by atoms with Crippen LogP contribution in [-0.2, 0) is 12.0 Å². The molecule has 27 heavy (non-hydrogen) atoms. The lowest BCUT2D eigenvalue weighted by Crippen LogP contribution is -2.36. The molecule has 3 aromatic rings. The summed E-state index contributed by atoms with van der Waals surface area (Å²) in [4.78, 5) is 19.3. The number of anilines is 1. The number of nitrogens with zero attached hydrogens (tertiary/aromatic N) is 3. The van der Waals surface area contributed by atoms with Gasteiger partial charge in [-0.05, 0) is 48.1 Å². The molecule has 5 heteroatoms. The molecule has 5 nitrogen and oxygen atoms in total. The Balaban J connectivity index is 1.50. The Labute approximate surface area is 160 Å². The van der Waals surface area contributed by atoms with Crippen LogP contribution in [-0.4, -0.2) is 26.4 Å². The first-order valence-electron chi connectivity index (χ1n) is 9.51. The fraction of sp³-hybridized carbons (Fsp3) is 0.364. The molecule has 0 bridgehead atoms. The molecule has 2 heterocycles. The van der Waals surface area contributed by atoms with Crippen molar-refractivity contribution in [3.8, 4) is 0 Å². The predicted octanol–water partition coefficient (Wildman–Crippen LogP) is 4.83. The highest BCUT2D eigenvalue weighted by Gasteiger charge is 2.33. The third kappa shape index (κ3) is 3.82. The maximum atomic E-state index is 12.9. The maximum Gasteiger partial charge on any atom is 0.322 e. The van der Waals surface area contributed by atoms with Crippen LogP contribution < -0.4 is 5.32 Å². The summed E-state index contributed by atoms with van der Waals surface area (Å²) in [6.07, 6.45) is 5.97. The van der Waals surface area contributed by atoms with Crippen molar-refractivity contribution in [3.63, 3.8) is 0 Å². The van der Waals surface area contributed by atoms with E-state index in [1.807, 2.05) is 52.0 Å². The largest absolute Gasteiger partial charge is 0.322 e. The molecule has 1 N–H and O–H groups in total. The van der Waals surface area contributed by atoms with Gasteiger partial charge in [0.05, 0.1) is 18.4 Å². The van der Waals surface area contributed by atoms with Crippen LogP contribution in [0.1, 0.15) is 44.9 Å². The lowest BCUT2D eigenvalue weighted by atomic mass is 9.87. The first kappa shape index (κ1) is 17.6. The summed E-state index contributed by atoms with van der Waals surface area (Å²) in [5.74, 6) is 0. The molecule has 1 aromatic carbocycles. The Bertz CT molecular complexity index is 948. The number of carbonyl (C=O) groups is 1. The van der Waals surface area contributed by atoms with E-state index in [0.717, 1.165) is 29.9 Å². The van der Waals surface area contributed by atoms with Crippen molar-refractivity contribution < 1.29 is 4.79 Å². The van der Waals surface area contributed by atoms with E-state index in [0.29, 0.717) is 12.6 Å². The molecule has 0 atom stereocenters. The summed E-state index contributed by atoms with van der Waals surface area (Å²) < 4.78 is 2.04. The number of carbonyl (C=O) groups excluding carboxylic acids is 1. The van der Waals surface area contributed by atoms with Crippen molar-refractivity contribution in [2.75, 3.05) is 5.32 Å². The van der Waals surface area contributed by atoms with Gasteiger partial charge in [-0.3, -0.25) is 0 Å². The Hall–Kier alpha value is -2.82. The molecule has 0 aliphatic heterocycles. The summed E-state index contributed by atoms with van der Waals surface area (Å²) in [6.45, 7) is 7.11. The molecule has 1 aliphatic rings. The van der Waals surface area contributed by atoms with E-state index in [9.17, 15) is 4.79 Å². The standard InChI is InChI=1S/C22H26N4O/c1-22(2,3)16-7-9-17(10-8-16)24-21(27)26(18-11-12-18)15-19-14-23-20-6-4-5-13-25(19)20/h4-10,13-14,18H,11-12,15H2,1-3H3,(H,24,27). The van der Waals surface area contributed by atoms with Crippen molar-refractivity contribution in [3.05, 3.63) is 66.1 Å². The molecule has 0 spiro atoms. The van der Waals surface area contributed by atoms with Gasteiger partial charge in [-0.25, -0.2) is 9.78 Å². The Morgan fingerprint density at radius 3 is 2.59 bits per heavy atom. The molecule has 2 amide bonds. The summed E-state index contributed by atoms with van der Waals surface area (Å²) >= 11 is 0. The number of imidazole rings is 1. The van der Waals surface area contributed by atoms with Crippen molar-refractivity contribution in [1.29, 1.82) is 0 Å². The SMILES string of the molecule is CC(C)(C)c1ccc(NC(=O)N(Cc2cnc3ccccn23)C2CC2)cc1. The number of amides is 2. The Morgan fingerprint density at radius 1 is 1.19 bits per heavy atom. The Kier molecular flexibility index (Phi) is 4.38. The monoisotopic (exact) mass is 362 g/mol. The van der Waals surface area contributed by atoms with E-state index in [1.165, 1.54) is 5.56 Å². The van der Waals surface area contributed by atoms with Gasteiger partial charge in [-0.2, -0.15) is 0 Å². The van der Waals surface area contributed by atoms with Gasteiger partial charge in [0, 0.05) is 17.9 Å². The molecule has 1 aliphatic carbocycles. The van der Waals surface area contributed by atoms with Crippen LogP contribution in [0, 0.1) is 0 Å². The number of benzene rings is 1. The fourth-order valence-electron chi connectivity index (χ4n) is 3.28. The number of urea groups is 1. The maximum absolute atomic E-state index is 12.9. The van der Waals surface area contributed by atoms with Crippen molar-refractivity contribution >= 4 is 17.4 Å². The van der Waals surface area contributed by atoms with E-state index >= 15 is 0 Å². The van der Waals surface area contributed by atoms with Crippen LogP contribution in [0.15, 0.2) is 54.9 Å². The van der Waals surface area contributed by atoms with Gasteiger partial charge in [-0.15, -0.1) is 0 Å². The van der Waals surface area contributed by atoms with Crippen LogP contribution in [0.5, 0.6) is 0 Å². The number of fused-ring (bicyclic) bond motifs is 1. The average molecular weight is 362 g/mol. The highest BCUT2D eigenvalue weighted by molar-refractivity contribution is 5.89. The number of hydrogen-bond donors (Lipinski definition) is 1. The summed E-state index contributed by atoms with van der Waals surface area (Å²) in [5.41, 5.74) is 4.12. The first-order valence-corrected chi connectivity index (χ1v) is 9.51. The molecule has 4 rings (SSSR count). The van der Waals surface area contributed by atoms with Gasteiger partial charge in [0.15, 0.2) is 0 Å². The molecule has 2 aromatic heterocycles. The fourth-order valence-corrected chi connectivity index (χ4v) is 3.28. The molecule has 0 saturated heterocycles. The lowest BCUT2D eigenvalue weighted by Gasteiger charge is -2.23. The van der Waals surface area contributed by atoms with E-state index in [4.69, 9.17) is 0 Å². The summed E-state index contributed by atoms with van der Waals surface area (Å²) in [5, 5.41) is 3.06. The minimum atomic E-state index is -0.0492. The lowest BCUT2D eigenvalue weighted by molar-refractivity contribution is 0.205. The van der Waals surface area contributed by atoms with Crippen molar-refractivity contribution in [1.82, 2.24) is 14.3 Å². The normalized spacial score (nSPS) is 14.3. The smallest absolute Gasteiger partial charge is 0.316 e. The zero-order chi connectivity index (χ0) is 19.0. The molecular weight excluding hydrogens is 336 g/mol.